The molecule has 0 saturated carbocycles. The number of nitrogens with one attached hydrogen (secondary N) is 2. The minimum absolute atomic E-state index is 0. The number of likely N-dealkylation sites (tertiary alicyclic amines) is 2. The van der Waals surface area contributed by atoms with Crippen molar-refractivity contribution in [3.63, 3.8) is 0 Å². The number of nitrogens with zero attached hydrogens (tertiary/aromatic N) is 3. The molecule has 6 heteroatoms. The largest absolute Gasteiger partial charge is 0.361 e. The van der Waals surface area contributed by atoms with Crippen molar-refractivity contribution in [2.75, 3.05) is 45.8 Å². The van der Waals surface area contributed by atoms with Crippen LogP contribution >= 0.6 is 24.0 Å². The van der Waals surface area contributed by atoms with Crippen LogP contribution in [-0.4, -0.2) is 66.6 Å². The molecule has 0 amide bonds. The van der Waals surface area contributed by atoms with Gasteiger partial charge in [-0.2, -0.15) is 0 Å². The van der Waals surface area contributed by atoms with E-state index in [4.69, 9.17) is 4.99 Å². The van der Waals surface area contributed by atoms with Crippen molar-refractivity contribution in [3.05, 3.63) is 35.5 Å². The fraction of sp³-hybridized carbons (Fsp3) is 0.609. The van der Waals surface area contributed by atoms with Gasteiger partial charge in [0, 0.05) is 49.8 Å². The molecule has 0 spiro atoms. The first-order chi connectivity index (χ1) is 13.7. The summed E-state index contributed by atoms with van der Waals surface area (Å²) in [5.74, 6) is 1.89. The van der Waals surface area contributed by atoms with E-state index in [1.54, 1.807) is 0 Å². The Labute approximate surface area is 192 Å². The highest BCUT2D eigenvalue weighted by molar-refractivity contribution is 14.0. The quantitative estimate of drug-likeness (QED) is 0.352. The Balaban J connectivity index is 0.00000240. The number of aromatic amines is 1. The topological polar surface area (TPSA) is 46.7 Å². The molecule has 0 aliphatic carbocycles. The third-order valence-electron chi connectivity index (χ3n) is 6.29. The highest BCUT2D eigenvalue weighted by Gasteiger charge is 2.27. The molecule has 1 unspecified atom stereocenters. The van der Waals surface area contributed by atoms with Crippen LogP contribution in [0.4, 0.5) is 0 Å². The van der Waals surface area contributed by atoms with Crippen LogP contribution in [0.2, 0.25) is 0 Å². The summed E-state index contributed by atoms with van der Waals surface area (Å²) in [4.78, 5) is 13.5. The molecule has 1 atom stereocenters. The molecule has 1 aromatic heterocycles. The Hall–Kier alpha value is -1.28. The molecule has 2 aromatic rings. The lowest BCUT2D eigenvalue weighted by Crippen LogP contribution is -2.41. The van der Waals surface area contributed by atoms with E-state index in [0.717, 1.165) is 44.5 Å². The number of aryl methyl sites for hydroxylation is 1. The number of para-hydroxylation sites is 1. The third kappa shape index (κ3) is 5.45. The smallest absolute Gasteiger partial charge is 0.193 e. The number of aromatic nitrogens is 1. The van der Waals surface area contributed by atoms with E-state index in [9.17, 15) is 0 Å². The molecule has 0 radical (unpaired) electrons. The molecular formula is C23H36IN5. The van der Waals surface area contributed by atoms with E-state index in [2.05, 4.69) is 58.3 Å². The Kier molecular flexibility index (Phi) is 8.24. The number of H-pyrrole nitrogens is 1. The highest BCUT2D eigenvalue weighted by Crippen LogP contribution is 2.22. The van der Waals surface area contributed by atoms with Gasteiger partial charge in [0.2, 0.25) is 0 Å². The van der Waals surface area contributed by atoms with Crippen LogP contribution in [0, 0.1) is 12.8 Å². The lowest BCUT2D eigenvalue weighted by atomic mass is 10.1. The van der Waals surface area contributed by atoms with Gasteiger partial charge < -0.3 is 20.1 Å². The zero-order valence-corrected chi connectivity index (χ0v) is 20.2. The molecule has 0 bridgehead atoms. The normalized spacial score (nSPS) is 20.4. The van der Waals surface area contributed by atoms with E-state index in [1.165, 1.54) is 60.9 Å². The summed E-state index contributed by atoms with van der Waals surface area (Å²) >= 11 is 0. The van der Waals surface area contributed by atoms with E-state index < -0.39 is 0 Å². The minimum atomic E-state index is 0. The third-order valence-corrected chi connectivity index (χ3v) is 6.29. The molecule has 2 fully saturated rings. The summed E-state index contributed by atoms with van der Waals surface area (Å²) in [6, 6.07) is 6.52. The number of hydrogen-bond donors (Lipinski definition) is 2. The first-order valence-corrected chi connectivity index (χ1v) is 11.1. The zero-order valence-electron chi connectivity index (χ0n) is 17.9. The van der Waals surface area contributed by atoms with E-state index >= 15 is 0 Å². The first kappa shape index (κ1) is 22.4. The van der Waals surface area contributed by atoms with Gasteiger partial charge in [0.1, 0.15) is 0 Å². The van der Waals surface area contributed by atoms with Gasteiger partial charge in [0.05, 0.1) is 0 Å². The Morgan fingerprint density at radius 2 is 2.07 bits per heavy atom. The predicted molar refractivity (Wildman–Crippen MR) is 133 cm³/mol. The van der Waals surface area contributed by atoms with Gasteiger partial charge in [-0.05, 0) is 69.7 Å². The first-order valence-electron chi connectivity index (χ1n) is 11.1. The summed E-state index contributed by atoms with van der Waals surface area (Å²) in [5.41, 5.74) is 3.94. The van der Waals surface area contributed by atoms with Crippen molar-refractivity contribution in [1.29, 1.82) is 0 Å². The van der Waals surface area contributed by atoms with Crippen LogP contribution in [0.5, 0.6) is 0 Å². The van der Waals surface area contributed by atoms with Crippen LogP contribution in [-0.2, 0) is 6.42 Å². The monoisotopic (exact) mass is 509 g/mol. The van der Waals surface area contributed by atoms with Crippen molar-refractivity contribution in [2.45, 2.75) is 39.5 Å². The summed E-state index contributed by atoms with van der Waals surface area (Å²) < 4.78 is 0. The van der Waals surface area contributed by atoms with Crippen molar-refractivity contribution < 1.29 is 0 Å². The van der Waals surface area contributed by atoms with Gasteiger partial charge >= 0.3 is 0 Å². The molecule has 2 aliphatic rings. The zero-order chi connectivity index (χ0) is 19.3. The van der Waals surface area contributed by atoms with Crippen molar-refractivity contribution >= 4 is 40.8 Å². The molecule has 2 N–H and O–H groups in total. The molecular weight excluding hydrogens is 473 g/mol. The summed E-state index contributed by atoms with van der Waals surface area (Å²) in [6.45, 7) is 12.2. The van der Waals surface area contributed by atoms with E-state index in [1.807, 2.05) is 0 Å². The molecule has 160 valence electrons. The van der Waals surface area contributed by atoms with Gasteiger partial charge in [-0.3, -0.25) is 4.99 Å². The fourth-order valence-electron chi connectivity index (χ4n) is 4.78. The second-order valence-electron chi connectivity index (χ2n) is 8.41. The number of rotatable bonds is 6. The van der Waals surface area contributed by atoms with Crippen LogP contribution in [0.1, 0.15) is 37.3 Å². The van der Waals surface area contributed by atoms with Gasteiger partial charge in [0.25, 0.3) is 0 Å². The van der Waals surface area contributed by atoms with E-state index in [-0.39, 0.29) is 24.0 Å². The lowest BCUT2D eigenvalue weighted by Gasteiger charge is -2.23. The number of hydrogen-bond acceptors (Lipinski definition) is 2. The van der Waals surface area contributed by atoms with Crippen molar-refractivity contribution in [2.24, 2.45) is 10.9 Å². The van der Waals surface area contributed by atoms with Gasteiger partial charge in [-0.1, -0.05) is 18.2 Å². The number of guanidine groups is 1. The van der Waals surface area contributed by atoms with Crippen molar-refractivity contribution in [3.8, 4) is 0 Å². The number of halogens is 1. The number of aliphatic imine (C=N–C) groups is 1. The molecule has 4 rings (SSSR count). The van der Waals surface area contributed by atoms with Crippen LogP contribution in [0.25, 0.3) is 10.9 Å². The van der Waals surface area contributed by atoms with Gasteiger partial charge in [-0.25, -0.2) is 0 Å². The van der Waals surface area contributed by atoms with E-state index in [0.29, 0.717) is 0 Å². The summed E-state index contributed by atoms with van der Waals surface area (Å²) in [7, 11) is 0. The van der Waals surface area contributed by atoms with Crippen LogP contribution in [0.3, 0.4) is 0 Å². The second-order valence-corrected chi connectivity index (χ2v) is 8.41. The Morgan fingerprint density at radius 1 is 1.24 bits per heavy atom. The molecule has 3 heterocycles. The average molecular weight is 509 g/mol. The fourth-order valence-corrected chi connectivity index (χ4v) is 4.78. The Bertz CT molecular complexity index is 809. The minimum Gasteiger partial charge on any atom is -0.361 e. The van der Waals surface area contributed by atoms with Crippen LogP contribution in [0.15, 0.2) is 29.4 Å². The van der Waals surface area contributed by atoms with Crippen molar-refractivity contribution in [1.82, 2.24) is 20.1 Å². The highest BCUT2D eigenvalue weighted by atomic mass is 127. The number of fused-ring (bicyclic) bond motifs is 1. The van der Waals surface area contributed by atoms with Gasteiger partial charge in [-0.15, -0.1) is 24.0 Å². The summed E-state index contributed by atoms with van der Waals surface area (Å²) in [6.07, 6.45) is 7.19. The Morgan fingerprint density at radius 3 is 2.86 bits per heavy atom. The maximum absolute atomic E-state index is 4.97. The molecule has 5 nitrogen and oxygen atoms in total. The van der Waals surface area contributed by atoms with Gasteiger partial charge in [0.15, 0.2) is 5.96 Å². The average Bonchev–Trinajstić information content (AvgIpc) is 3.44. The maximum atomic E-state index is 4.97. The molecule has 2 saturated heterocycles. The maximum Gasteiger partial charge on any atom is 0.193 e. The molecule has 2 aliphatic heterocycles. The second kappa shape index (κ2) is 10.7. The summed E-state index contributed by atoms with van der Waals surface area (Å²) in [5, 5.41) is 4.86. The molecule has 1 aromatic carbocycles. The SMILES string of the molecule is CCNC(=NCCc1c[nH]c2c(C)cccc12)N1CCC(CN2CCCC2)C1.I. The standard InChI is InChI=1S/C23H35N5.HI/c1-3-24-23(28-14-10-19(17-28)16-27-12-4-5-13-27)25-11-9-20-15-26-22-18(2)7-6-8-21(20)22;/h6-8,15,19,26H,3-5,9-14,16-17H2,1-2H3,(H,24,25);1H. The van der Waals surface area contributed by atoms with Crippen LogP contribution < -0.4 is 5.32 Å². The molecule has 29 heavy (non-hydrogen) atoms. The predicted octanol–water partition coefficient (Wildman–Crippen LogP) is 4.02. The number of benzene rings is 1. The lowest BCUT2D eigenvalue weighted by molar-refractivity contribution is 0.281.